The molecule has 3 aliphatic rings. The summed E-state index contributed by atoms with van der Waals surface area (Å²) in [4.78, 5) is 59.8. The van der Waals surface area contributed by atoms with Gasteiger partial charge in [-0.15, -0.1) is 6.58 Å². The highest BCUT2D eigenvalue weighted by atomic mass is 16.5. The zero-order chi connectivity index (χ0) is 34.5. The number of allylic oxidation sites excluding steroid dienone is 1. The predicted molar refractivity (Wildman–Crippen MR) is 187 cm³/mol. The highest BCUT2D eigenvalue weighted by Gasteiger charge is 2.61. The molecule has 3 heterocycles. The molecule has 4 bridgehead atoms. The van der Waals surface area contributed by atoms with E-state index in [0.717, 1.165) is 40.6 Å². The number of aliphatic carboxylic acids is 1. The van der Waals surface area contributed by atoms with E-state index < -0.39 is 53.5 Å². The number of pyridine rings is 1. The fraction of sp³-hybridized carbons (Fsp3) is 0.395. The SMILES string of the molecule is C=C[C@@H]1C[C@]1(NC(=O)[C@@H]1C[C@@H]2CN1C(=O)[C@H](CCCC)NC(=O)NCCCC=Cc1ccc3nc(-c4ccccc4)cc(c3c1)O2)C(=O)O. The lowest BCUT2D eigenvalue weighted by Gasteiger charge is -2.29. The highest BCUT2D eigenvalue weighted by Crippen LogP contribution is 2.45. The van der Waals surface area contributed by atoms with E-state index in [9.17, 15) is 24.3 Å². The van der Waals surface area contributed by atoms with Crippen LogP contribution in [0, 0.1) is 5.92 Å². The Hall–Kier alpha value is -5.19. The first-order chi connectivity index (χ1) is 23.7. The van der Waals surface area contributed by atoms with Crippen molar-refractivity contribution >= 4 is 40.8 Å². The molecule has 2 aliphatic heterocycles. The summed E-state index contributed by atoms with van der Waals surface area (Å²) in [5.41, 5.74) is 1.86. The second-order valence-electron chi connectivity index (χ2n) is 13.1. The van der Waals surface area contributed by atoms with E-state index in [-0.39, 0.29) is 19.4 Å². The molecule has 3 aromatic rings. The molecule has 49 heavy (non-hydrogen) atoms. The van der Waals surface area contributed by atoms with Crippen molar-refractivity contribution in [1.29, 1.82) is 0 Å². The Balaban J connectivity index is 1.39. The zero-order valence-electron chi connectivity index (χ0n) is 27.7. The van der Waals surface area contributed by atoms with Crippen molar-refractivity contribution in [1.82, 2.24) is 25.8 Å². The third-order valence-corrected chi connectivity index (χ3v) is 9.63. The number of nitrogens with zero attached hydrogens (tertiary/aromatic N) is 2. The number of fused-ring (bicyclic) bond motifs is 3. The van der Waals surface area contributed by atoms with Crippen LogP contribution in [0.3, 0.4) is 0 Å². The van der Waals surface area contributed by atoms with Crippen molar-refractivity contribution < 1.29 is 29.0 Å². The van der Waals surface area contributed by atoms with Crippen LogP contribution in [0.4, 0.5) is 4.79 Å². The number of urea groups is 1. The fourth-order valence-electron chi connectivity index (χ4n) is 6.76. The number of hydrogen-bond donors (Lipinski definition) is 4. The van der Waals surface area contributed by atoms with Crippen molar-refractivity contribution in [3.8, 4) is 17.0 Å². The molecule has 1 aromatic heterocycles. The molecule has 0 radical (unpaired) electrons. The van der Waals surface area contributed by atoms with Crippen LogP contribution in [0.15, 0.2) is 73.3 Å². The van der Waals surface area contributed by atoms with Crippen LogP contribution in [-0.2, 0) is 14.4 Å². The number of aromatic nitrogens is 1. The Labute approximate surface area is 285 Å². The van der Waals surface area contributed by atoms with E-state index in [1.165, 1.54) is 11.0 Å². The Morgan fingerprint density at radius 1 is 1.18 bits per heavy atom. The highest BCUT2D eigenvalue weighted by molar-refractivity contribution is 5.96. The molecule has 256 valence electrons. The summed E-state index contributed by atoms with van der Waals surface area (Å²) in [7, 11) is 0. The molecule has 0 spiro atoms. The van der Waals surface area contributed by atoms with Crippen molar-refractivity contribution in [2.24, 2.45) is 5.92 Å². The third-order valence-electron chi connectivity index (χ3n) is 9.63. The number of carboxylic acid groups (broad SMARTS) is 1. The second kappa shape index (κ2) is 14.5. The Kier molecular flexibility index (Phi) is 9.98. The van der Waals surface area contributed by atoms with Crippen LogP contribution in [0.25, 0.3) is 28.2 Å². The number of benzene rings is 2. The molecule has 1 aliphatic carbocycles. The molecule has 6 rings (SSSR count). The molecule has 1 saturated heterocycles. The van der Waals surface area contributed by atoms with Gasteiger partial charge >= 0.3 is 12.0 Å². The molecule has 2 fully saturated rings. The van der Waals surface area contributed by atoms with Gasteiger partial charge < -0.3 is 30.7 Å². The van der Waals surface area contributed by atoms with Gasteiger partial charge in [0.25, 0.3) is 0 Å². The number of carbonyl (C=O) groups is 4. The quantitative estimate of drug-likeness (QED) is 0.246. The smallest absolute Gasteiger partial charge is 0.330 e. The van der Waals surface area contributed by atoms with Crippen LogP contribution in [0.5, 0.6) is 5.75 Å². The van der Waals surface area contributed by atoms with Crippen LogP contribution < -0.4 is 20.7 Å². The van der Waals surface area contributed by atoms with E-state index in [4.69, 9.17) is 9.72 Å². The van der Waals surface area contributed by atoms with E-state index in [2.05, 4.69) is 28.6 Å². The lowest BCUT2D eigenvalue weighted by Crippen LogP contribution is -2.57. The second-order valence-corrected chi connectivity index (χ2v) is 13.1. The van der Waals surface area contributed by atoms with Crippen LogP contribution in [-0.4, -0.2) is 75.6 Å². The summed E-state index contributed by atoms with van der Waals surface area (Å²) < 4.78 is 6.71. The van der Waals surface area contributed by atoms with E-state index >= 15 is 0 Å². The Morgan fingerprint density at radius 3 is 2.73 bits per heavy atom. The maximum Gasteiger partial charge on any atom is 0.330 e. The lowest BCUT2D eigenvalue weighted by molar-refractivity contribution is -0.145. The van der Waals surface area contributed by atoms with Crippen molar-refractivity contribution in [3.63, 3.8) is 0 Å². The van der Waals surface area contributed by atoms with Gasteiger partial charge in [-0.2, -0.15) is 0 Å². The molecule has 4 amide bonds. The van der Waals surface area contributed by atoms with E-state index in [1.807, 2.05) is 67.6 Å². The number of rotatable bonds is 8. The van der Waals surface area contributed by atoms with E-state index in [1.54, 1.807) is 0 Å². The normalized spacial score (nSPS) is 25.4. The van der Waals surface area contributed by atoms with Gasteiger partial charge in [0.2, 0.25) is 11.8 Å². The molecule has 11 nitrogen and oxygen atoms in total. The summed E-state index contributed by atoms with van der Waals surface area (Å²) in [5, 5.41) is 19.2. The first-order valence-electron chi connectivity index (χ1n) is 17.1. The summed E-state index contributed by atoms with van der Waals surface area (Å²) in [6.07, 6.45) is 8.67. The number of ether oxygens (including phenoxy) is 1. The number of hydrogen-bond acceptors (Lipinski definition) is 6. The molecule has 2 aromatic carbocycles. The predicted octanol–water partition coefficient (Wildman–Crippen LogP) is 5.06. The number of carbonyl (C=O) groups excluding carboxylic acids is 3. The molecule has 0 unspecified atom stereocenters. The average Bonchev–Trinajstić information content (AvgIpc) is 3.67. The lowest BCUT2D eigenvalue weighted by atomic mass is 10.1. The van der Waals surface area contributed by atoms with E-state index in [0.29, 0.717) is 31.6 Å². The molecule has 5 atom stereocenters. The van der Waals surface area contributed by atoms with Gasteiger partial charge in [0.15, 0.2) is 0 Å². The summed E-state index contributed by atoms with van der Waals surface area (Å²) >= 11 is 0. The molecule has 1 saturated carbocycles. The topological polar surface area (TPSA) is 150 Å². The molecule has 11 heteroatoms. The Bertz CT molecular complexity index is 1780. The maximum atomic E-state index is 14.3. The molecule has 4 N–H and O–H groups in total. The van der Waals surface area contributed by atoms with Gasteiger partial charge in [-0.05, 0) is 43.4 Å². The Morgan fingerprint density at radius 2 is 2.00 bits per heavy atom. The van der Waals surface area contributed by atoms with Gasteiger partial charge in [-0.25, -0.2) is 14.6 Å². The zero-order valence-corrected chi connectivity index (χ0v) is 27.7. The van der Waals surface area contributed by atoms with Crippen molar-refractivity contribution in [2.45, 2.75) is 75.6 Å². The third kappa shape index (κ3) is 7.30. The largest absolute Gasteiger partial charge is 0.488 e. The van der Waals surface area contributed by atoms with Crippen LogP contribution in [0.1, 0.15) is 57.4 Å². The summed E-state index contributed by atoms with van der Waals surface area (Å²) in [6, 6.07) is 15.3. The van der Waals surface area contributed by atoms with Crippen molar-refractivity contribution in [3.05, 3.63) is 78.9 Å². The standard InChI is InChI=1S/C38H43N5O6/c1-3-5-15-30-35(45)43-23-27(20-32(43)34(44)42-38(36(46)47)22-26(38)4-2)49-33-21-31(25-13-9-6-10-14-25)40-29-17-16-24(19-28(29)33)12-8-7-11-18-39-37(48)41-30/h4,6,8-10,12-14,16-17,19,21,26-27,30,32H,2-3,5,7,11,15,18,20,22-23H2,1H3,(H,42,44)(H,46,47)(H2,39,41,48)/t26-,27-,30+,32+,38-/m1/s1. The number of carboxylic acids is 1. The summed E-state index contributed by atoms with van der Waals surface area (Å²) in [6.45, 7) is 6.21. The van der Waals surface area contributed by atoms with Crippen LogP contribution in [0.2, 0.25) is 0 Å². The molecular formula is C38H43N5O6. The number of unbranched alkanes of at least 4 members (excludes halogenated alkanes) is 1. The fourth-order valence-corrected chi connectivity index (χ4v) is 6.76. The summed E-state index contributed by atoms with van der Waals surface area (Å²) in [5.74, 6) is -1.99. The van der Waals surface area contributed by atoms with Gasteiger partial charge in [0.1, 0.15) is 29.5 Å². The average molecular weight is 666 g/mol. The minimum absolute atomic E-state index is 0.0673. The monoisotopic (exact) mass is 665 g/mol. The minimum Gasteiger partial charge on any atom is -0.488 e. The van der Waals surface area contributed by atoms with Crippen molar-refractivity contribution in [2.75, 3.05) is 13.1 Å². The number of nitrogens with one attached hydrogen (secondary N) is 3. The van der Waals surface area contributed by atoms with Gasteiger partial charge in [0, 0.05) is 35.9 Å². The minimum atomic E-state index is -1.46. The first kappa shape index (κ1) is 33.7. The van der Waals surface area contributed by atoms with Gasteiger partial charge in [-0.3, -0.25) is 9.59 Å². The van der Waals surface area contributed by atoms with Crippen LogP contribution >= 0.6 is 0 Å². The van der Waals surface area contributed by atoms with Gasteiger partial charge in [0.05, 0.1) is 17.8 Å². The number of amides is 4. The maximum absolute atomic E-state index is 14.3. The first-order valence-corrected chi connectivity index (χ1v) is 17.1. The molecular weight excluding hydrogens is 622 g/mol. The van der Waals surface area contributed by atoms with Gasteiger partial charge in [-0.1, -0.05) is 74.4 Å².